The standard InChI is InChI=1S/C38H36O4/c1-3-40-38(39)37(33-16-14-28(2)15-17-33)36(31-18-22-34(23-19-31)41-26-29-10-6-4-7-11-29)32-20-24-35(25-21-32)42-27-30-12-8-5-9-13-30/h4-25,36-37H,3,26-27H2,1-2H3. The smallest absolute Gasteiger partial charge is 0.314 e. The quantitative estimate of drug-likeness (QED) is 0.144. The minimum absolute atomic E-state index is 0.250. The first-order valence-corrected chi connectivity index (χ1v) is 14.4. The van der Waals surface area contributed by atoms with E-state index in [1.807, 2.05) is 147 Å². The molecule has 4 nitrogen and oxygen atoms in total. The van der Waals surface area contributed by atoms with Gasteiger partial charge in [0.1, 0.15) is 24.7 Å². The molecular formula is C38H36O4. The van der Waals surface area contributed by atoms with Gasteiger partial charge in [-0.1, -0.05) is 115 Å². The Hall–Kier alpha value is -4.83. The van der Waals surface area contributed by atoms with E-state index >= 15 is 0 Å². The Morgan fingerprint density at radius 1 is 0.571 bits per heavy atom. The molecule has 0 fully saturated rings. The first-order chi connectivity index (χ1) is 20.6. The monoisotopic (exact) mass is 556 g/mol. The zero-order chi connectivity index (χ0) is 29.1. The molecule has 42 heavy (non-hydrogen) atoms. The van der Waals surface area contributed by atoms with E-state index in [2.05, 4.69) is 0 Å². The number of benzene rings is 5. The van der Waals surface area contributed by atoms with Gasteiger partial charge >= 0.3 is 5.97 Å². The van der Waals surface area contributed by atoms with Gasteiger partial charge in [0.15, 0.2) is 0 Å². The van der Waals surface area contributed by atoms with Crippen molar-refractivity contribution >= 4 is 5.97 Å². The van der Waals surface area contributed by atoms with Gasteiger partial charge in [-0.3, -0.25) is 4.79 Å². The number of hydrogen-bond donors (Lipinski definition) is 0. The largest absolute Gasteiger partial charge is 0.489 e. The number of rotatable bonds is 12. The molecule has 0 spiro atoms. The van der Waals surface area contributed by atoms with Gasteiger partial charge < -0.3 is 14.2 Å². The lowest BCUT2D eigenvalue weighted by atomic mass is 9.77. The molecule has 5 aromatic carbocycles. The van der Waals surface area contributed by atoms with Crippen LogP contribution in [0.4, 0.5) is 0 Å². The second-order valence-corrected chi connectivity index (χ2v) is 10.3. The zero-order valence-electron chi connectivity index (χ0n) is 24.1. The lowest BCUT2D eigenvalue weighted by Crippen LogP contribution is -2.24. The molecule has 0 aliphatic heterocycles. The zero-order valence-corrected chi connectivity index (χ0v) is 24.1. The topological polar surface area (TPSA) is 44.8 Å². The fourth-order valence-corrected chi connectivity index (χ4v) is 5.07. The van der Waals surface area contributed by atoms with Crippen LogP contribution in [0.3, 0.4) is 0 Å². The maximum atomic E-state index is 13.6. The predicted octanol–water partition coefficient (Wildman–Crippen LogP) is 8.63. The summed E-state index contributed by atoms with van der Waals surface area (Å²) in [5.41, 5.74) is 6.26. The molecule has 1 unspecified atom stereocenters. The van der Waals surface area contributed by atoms with Gasteiger partial charge in [-0.25, -0.2) is 0 Å². The molecule has 5 rings (SSSR count). The summed E-state index contributed by atoms with van der Waals surface area (Å²) in [6, 6.07) is 44.4. The Bertz CT molecular complexity index is 1440. The Morgan fingerprint density at radius 3 is 1.43 bits per heavy atom. The summed E-state index contributed by atoms with van der Waals surface area (Å²) in [7, 11) is 0. The first-order valence-electron chi connectivity index (χ1n) is 14.4. The molecule has 0 amide bonds. The molecule has 0 saturated carbocycles. The van der Waals surface area contributed by atoms with Crippen molar-refractivity contribution in [2.24, 2.45) is 0 Å². The van der Waals surface area contributed by atoms with Crippen LogP contribution in [0.2, 0.25) is 0 Å². The number of hydrogen-bond acceptors (Lipinski definition) is 4. The Labute approximate surface area is 248 Å². The SMILES string of the molecule is CCOC(=O)C(c1ccc(C)cc1)C(c1ccc(OCc2ccccc2)cc1)c1ccc(OCc2ccccc2)cc1. The van der Waals surface area contributed by atoms with Crippen LogP contribution in [-0.2, 0) is 22.7 Å². The maximum Gasteiger partial charge on any atom is 0.314 e. The van der Waals surface area contributed by atoms with Crippen molar-refractivity contribution in [1.82, 2.24) is 0 Å². The van der Waals surface area contributed by atoms with Gasteiger partial charge in [0.2, 0.25) is 0 Å². The van der Waals surface area contributed by atoms with Crippen molar-refractivity contribution in [3.05, 3.63) is 167 Å². The van der Waals surface area contributed by atoms with E-state index in [9.17, 15) is 4.79 Å². The lowest BCUT2D eigenvalue weighted by Gasteiger charge is -2.27. The van der Waals surface area contributed by atoms with Gasteiger partial charge in [0.05, 0.1) is 12.5 Å². The summed E-state index contributed by atoms with van der Waals surface area (Å²) in [4.78, 5) is 13.6. The van der Waals surface area contributed by atoms with E-state index in [4.69, 9.17) is 14.2 Å². The van der Waals surface area contributed by atoms with Crippen LogP contribution in [0.25, 0.3) is 0 Å². The predicted molar refractivity (Wildman–Crippen MR) is 167 cm³/mol. The van der Waals surface area contributed by atoms with E-state index in [1.165, 1.54) is 0 Å². The Kier molecular flexibility index (Phi) is 9.69. The molecule has 4 heteroatoms. The highest BCUT2D eigenvalue weighted by Gasteiger charge is 2.34. The number of ether oxygens (including phenoxy) is 3. The number of aryl methyl sites for hydroxylation is 1. The molecule has 0 saturated heterocycles. The van der Waals surface area contributed by atoms with E-state index in [0.29, 0.717) is 19.8 Å². The second kappa shape index (κ2) is 14.2. The minimum Gasteiger partial charge on any atom is -0.489 e. The van der Waals surface area contributed by atoms with Crippen molar-refractivity contribution < 1.29 is 19.0 Å². The van der Waals surface area contributed by atoms with Crippen LogP contribution in [-0.4, -0.2) is 12.6 Å². The molecular weight excluding hydrogens is 520 g/mol. The number of esters is 1. The third-order valence-corrected chi connectivity index (χ3v) is 7.29. The molecule has 0 aromatic heterocycles. The molecule has 0 bridgehead atoms. The van der Waals surface area contributed by atoms with Crippen molar-refractivity contribution in [2.45, 2.75) is 38.9 Å². The normalized spacial score (nSPS) is 11.6. The van der Waals surface area contributed by atoms with E-state index < -0.39 is 5.92 Å². The van der Waals surface area contributed by atoms with Crippen LogP contribution >= 0.6 is 0 Å². The third kappa shape index (κ3) is 7.46. The summed E-state index contributed by atoms with van der Waals surface area (Å²) in [6.07, 6.45) is 0. The summed E-state index contributed by atoms with van der Waals surface area (Å²) >= 11 is 0. The van der Waals surface area contributed by atoms with Gasteiger partial charge in [0.25, 0.3) is 0 Å². The van der Waals surface area contributed by atoms with Crippen molar-refractivity contribution in [1.29, 1.82) is 0 Å². The summed E-state index contributed by atoms with van der Waals surface area (Å²) < 4.78 is 17.7. The molecule has 0 aliphatic rings. The molecule has 212 valence electrons. The molecule has 0 heterocycles. The number of carbonyl (C=O) groups is 1. The molecule has 0 radical (unpaired) electrons. The highest BCUT2D eigenvalue weighted by molar-refractivity contribution is 5.80. The Balaban J connectivity index is 1.46. The summed E-state index contributed by atoms with van der Waals surface area (Å²) in [6.45, 7) is 5.18. The molecule has 0 N–H and O–H groups in total. The summed E-state index contributed by atoms with van der Waals surface area (Å²) in [5, 5.41) is 0. The lowest BCUT2D eigenvalue weighted by molar-refractivity contribution is -0.145. The average molecular weight is 557 g/mol. The third-order valence-electron chi connectivity index (χ3n) is 7.29. The van der Waals surface area contributed by atoms with E-state index in [0.717, 1.165) is 44.9 Å². The highest BCUT2D eigenvalue weighted by Crippen LogP contribution is 2.40. The van der Waals surface area contributed by atoms with Crippen LogP contribution in [0, 0.1) is 6.92 Å². The fraction of sp³-hybridized carbons (Fsp3) is 0.184. The Morgan fingerprint density at radius 2 is 1.00 bits per heavy atom. The van der Waals surface area contributed by atoms with Gasteiger partial charge in [-0.15, -0.1) is 0 Å². The molecule has 0 aliphatic carbocycles. The average Bonchev–Trinajstić information content (AvgIpc) is 3.04. The number of carbonyl (C=O) groups excluding carboxylic acids is 1. The fourth-order valence-electron chi connectivity index (χ4n) is 5.07. The van der Waals surface area contributed by atoms with Crippen molar-refractivity contribution in [2.75, 3.05) is 6.61 Å². The van der Waals surface area contributed by atoms with E-state index in [-0.39, 0.29) is 11.9 Å². The van der Waals surface area contributed by atoms with Crippen LogP contribution in [0.15, 0.2) is 133 Å². The van der Waals surface area contributed by atoms with Gasteiger partial charge in [-0.05, 0) is 65.9 Å². The maximum absolute atomic E-state index is 13.6. The minimum atomic E-state index is -0.530. The molecule has 5 aromatic rings. The second-order valence-electron chi connectivity index (χ2n) is 10.3. The van der Waals surface area contributed by atoms with Crippen LogP contribution < -0.4 is 9.47 Å². The van der Waals surface area contributed by atoms with Gasteiger partial charge in [-0.2, -0.15) is 0 Å². The van der Waals surface area contributed by atoms with Crippen molar-refractivity contribution in [3.63, 3.8) is 0 Å². The van der Waals surface area contributed by atoms with Crippen molar-refractivity contribution in [3.8, 4) is 11.5 Å². The highest BCUT2D eigenvalue weighted by atomic mass is 16.5. The molecule has 1 atom stereocenters. The van der Waals surface area contributed by atoms with Crippen LogP contribution in [0.1, 0.15) is 52.1 Å². The van der Waals surface area contributed by atoms with E-state index in [1.54, 1.807) is 0 Å². The van der Waals surface area contributed by atoms with Crippen LogP contribution in [0.5, 0.6) is 11.5 Å². The first kappa shape index (κ1) is 28.7. The van der Waals surface area contributed by atoms with Gasteiger partial charge in [0, 0.05) is 5.92 Å². The summed E-state index contributed by atoms with van der Waals surface area (Å²) in [5.74, 6) is 0.485.